The minimum Gasteiger partial charge on any atom is -0.357 e. The lowest BCUT2D eigenvalue weighted by atomic mass is 9.88. The van der Waals surface area contributed by atoms with Gasteiger partial charge in [-0.05, 0) is 48.3 Å². The highest BCUT2D eigenvalue weighted by Gasteiger charge is 2.49. The summed E-state index contributed by atoms with van der Waals surface area (Å²) in [5.74, 6) is -3.33. The highest BCUT2D eigenvalue weighted by molar-refractivity contribution is 6.00. The lowest BCUT2D eigenvalue weighted by molar-refractivity contribution is -0.157. The Labute approximate surface area is 197 Å². The van der Waals surface area contributed by atoms with Crippen molar-refractivity contribution in [3.63, 3.8) is 0 Å². The minimum absolute atomic E-state index is 0.0294. The van der Waals surface area contributed by atoms with Gasteiger partial charge in [-0.15, -0.1) is 0 Å². The van der Waals surface area contributed by atoms with Crippen LogP contribution in [-0.2, 0) is 27.2 Å². The molecule has 0 radical (unpaired) electrons. The predicted octanol–water partition coefficient (Wildman–Crippen LogP) is 2.91. The summed E-state index contributed by atoms with van der Waals surface area (Å²) in [5, 5.41) is 5.39. The number of nitrogens with zero attached hydrogens (tertiary/aromatic N) is 1. The molecule has 1 aliphatic carbocycles. The zero-order chi connectivity index (χ0) is 24.6. The van der Waals surface area contributed by atoms with E-state index in [1.165, 1.54) is 11.9 Å². The van der Waals surface area contributed by atoms with Crippen LogP contribution in [0.4, 0.5) is 8.78 Å². The lowest BCUT2D eigenvalue weighted by Crippen LogP contribution is -2.67. The van der Waals surface area contributed by atoms with Crippen molar-refractivity contribution in [2.75, 3.05) is 7.05 Å². The van der Waals surface area contributed by atoms with Crippen molar-refractivity contribution in [3.05, 3.63) is 70.8 Å². The molecule has 180 valence electrons. The van der Waals surface area contributed by atoms with Crippen molar-refractivity contribution in [2.45, 2.75) is 51.2 Å². The molecular formula is C26H29F2N3O3. The van der Waals surface area contributed by atoms with E-state index in [4.69, 9.17) is 0 Å². The second-order valence-corrected chi connectivity index (χ2v) is 9.50. The van der Waals surface area contributed by atoms with E-state index in [1.807, 2.05) is 38.1 Å². The van der Waals surface area contributed by atoms with Gasteiger partial charge >= 0.3 is 0 Å². The molecule has 2 aliphatic rings. The van der Waals surface area contributed by atoms with Crippen LogP contribution in [0.3, 0.4) is 0 Å². The molecule has 1 fully saturated rings. The van der Waals surface area contributed by atoms with Gasteiger partial charge in [-0.1, -0.05) is 44.2 Å². The third kappa shape index (κ3) is 4.41. The molecule has 0 bridgehead atoms. The van der Waals surface area contributed by atoms with Gasteiger partial charge in [0.15, 0.2) is 0 Å². The zero-order valence-electron chi connectivity index (χ0n) is 19.5. The van der Waals surface area contributed by atoms with Gasteiger partial charge in [0.2, 0.25) is 17.7 Å². The number of hydrogen-bond acceptors (Lipinski definition) is 3. The average Bonchev–Trinajstić information content (AvgIpc) is 3.22. The van der Waals surface area contributed by atoms with E-state index >= 15 is 0 Å². The van der Waals surface area contributed by atoms with E-state index < -0.39 is 41.6 Å². The van der Waals surface area contributed by atoms with Gasteiger partial charge in [0.05, 0.1) is 0 Å². The molecule has 0 saturated carbocycles. The topological polar surface area (TPSA) is 78.5 Å². The van der Waals surface area contributed by atoms with Crippen molar-refractivity contribution in [1.82, 2.24) is 15.5 Å². The Balaban J connectivity index is 1.76. The molecule has 0 aromatic heterocycles. The van der Waals surface area contributed by atoms with Crippen molar-refractivity contribution in [3.8, 4) is 0 Å². The molecule has 2 N–H and O–H groups in total. The maximum Gasteiger partial charge on any atom is 0.247 e. The number of amides is 3. The fourth-order valence-electron chi connectivity index (χ4n) is 5.15. The number of piperazine rings is 1. The van der Waals surface area contributed by atoms with Crippen molar-refractivity contribution in [2.24, 2.45) is 11.8 Å². The first-order valence-corrected chi connectivity index (χ1v) is 11.6. The molecule has 4 rings (SSSR count). The van der Waals surface area contributed by atoms with Crippen LogP contribution in [0.1, 0.15) is 43.0 Å². The first kappa shape index (κ1) is 23.9. The van der Waals surface area contributed by atoms with Gasteiger partial charge in [0.1, 0.15) is 29.8 Å². The highest BCUT2D eigenvalue weighted by Crippen LogP contribution is 2.36. The number of halogens is 2. The van der Waals surface area contributed by atoms with Crippen LogP contribution in [0.15, 0.2) is 42.5 Å². The molecule has 3 amide bonds. The third-order valence-electron chi connectivity index (χ3n) is 6.74. The number of hydrogen-bond donors (Lipinski definition) is 2. The number of carbonyl (C=O) groups excluding carboxylic acids is 3. The first-order valence-electron chi connectivity index (χ1n) is 11.6. The molecule has 1 aliphatic heterocycles. The number of carbonyl (C=O) groups is 3. The quantitative estimate of drug-likeness (QED) is 0.683. The Morgan fingerprint density at radius 3 is 2.32 bits per heavy atom. The van der Waals surface area contributed by atoms with E-state index in [-0.39, 0.29) is 23.3 Å². The molecule has 2 aromatic rings. The van der Waals surface area contributed by atoms with Crippen LogP contribution in [0.2, 0.25) is 0 Å². The van der Waals surface area contributed by atoms with Gasteiger partial charge in [0.25, 0.3) is 0 Å². The van der Waals surface area contributed by atoms with E-state index in [2.05, 4.69) is 10.6 Å². The number of nitrogens with one attached hydrogen (secondary N) is 2. The Bertz CT molecular complexity index is 1100. The molecule has 6 nitrogen and oxygen atoms in total. The summed E-state index contributed by atoms with van der Waals surface area (Å²) < 4.78 is 28.5. The lowest BCUT2D eigenvalue weighted by Gasteiger charge is -2.44. The van der Waals surface area contributed by atoms with Crippen LogP contribution in [-0.4, -0.2) is 41.8 Å². The molecule has 3 atom stereocenters. The second kappa shape index (κ2) is 9.52. The Kier molecular flexibility index (Phi) is 6.68. The Morgan fingerprint density at radius 2 is 1.76 bits per heavy atom. The van der Waals surface area contributed by atoms with Crippen molar-refractivity contribution in [1.29, 1.82) is 0 Å². The molecule has 1 heterocycles. The maximum atomic E-state index is 14.9. The largest absolute Gasteiger partial charge is 0.357 e. The van der Waals surface area contributed by atoms with E-state index in [0.717, 1.165) is 23.3 Å². The molecular weight excluding hydrogens is 440 g/mol. The Hall–Kier alpha value is -3.29. The van der Waals surface area contributed by atoms with Crippen LogP contribution in [0, 0.1) is 23.5 Å². The molecule has 2 aromatic carbocycles. The average molecular weight is 470 g/mol. The third-order valence-corrected chi connectivity index (χ3v) is 6.74. The van der Waals surface area contributed by atoms with Crippen molar-refractivity contribution < 1.29 is 23.2 Å². The fraction of sp³-hybridized carbons (Fsp3) is 0.423. The SMILES string of the molecule is CNC(=O)C(c1ccc(F)cc1F)N1C(=O)[C@@H](C2Cc3ccccc3C2)NC(=O)[C@H]1CC(C)C. The summed E-state index contributed by atoms with van der Waals surface area (Å²) in [6.07, 6.45) is 1.53. The van der Waals surface area contributed by atoms with Gasteiger partial charge in [-0.3, -0.25) is 14.4 Å². The van der Waals surface area contributed by atoms with Crippen LogP contribution in [0.5, 0.6) is 0 Å². The van der Waals surface area contributed by atoms with E-state index in [1.54, 1.807) is 0 Å². The monoisotopic (exact) mass is 469 g/mol. The highest BCUT2D eigenvalue weighted by atomic mass is 19.1. The maximum absolute atomic E-state index is 14.9. The number of likely N-dealkylation sites (N-methyl/N-ethyl adjacent to an activating group) is 1. The van der Waals surface area contributed by atoms with Gasteiger partial charge < -0.3 is 15.5 Å². The van der Waals surface area contributed by atoms with Crippen molar-refractivity contribution >= 4 is 17.7 Å². The van der Waals surface area contributed by atoms with Crippen LogP contribution in [0.25, 0.3) is 0 Å². The molecule has 0 spiro atoms. The smallest absolute Gasteiger partial charge is 0.247 e. The van der Waals surface area contributed by atoms with Crippen LogP contribution < -0.4 is 10.6 Å². The molecule has 1 unspecified atom stereocenters. The number of benzene rings is 2. The first-order chi connectivity index (χ1) is 16.2. The standard InChI is InChI=1S/C26H29F2N3O3/c1-14(2)10-21-24(32)30-22(17-11-15-6-4-5-7-16(15)12-17)26(34)31(21)23(25(33)29-3)19-9-8-18(27)13-20(19)28/h4-9,13-14,17,21-23H,10-12H2,1-3H3,(H,29,33)(H,30,32)/t21-,22-,23?/m1/s1. The normalized spacial score (nSPS) is 21.4. The molecule has 34 heavy (non-hydrogen) atoms. The van der Waals surface area contributed by atoms with Gasteiger partial charge in [-0.2, -0.15) is 0 Å². The zero-order valence-corrected chi connectivity index (χ0v) is 19.5. The summed E-state index contributed by atoms with van der Waals surface area (Å²) in [7, 11) is 1.38. The Morgan fingerprint density at radius 1 is 1.12 bits per heavy atom. The summed E-state index contributed by atoms with van der Waals surface area (Å²) >= 11 is 0. The fourth-order valence-corrected chi connectivity index (χ4v) is 5.15. The number of rotatable bonds is 6. The second-order valence-electron chi connectivity index (χ2n) is 9.50. The minimum atomic E-state index is -1.40. The predicted molar refractivity (Wildman–Crippen MR) is 123 cm³/mol. The number of fused-ring (bicyclic) bond motifs is 1. The summed E-state index contributed by atoms with van der Waals surface area (Å²) in [6.45, 7) is 3.81. The molecule has 8 heteroatoms. The summed E-state index contributed by atoms with van der Waals surface area (Å²) in [6, 6.07) is 7.57. The van der Waals surface area contributed by atoms with Crippen LogP contribution >= 0.6 is 0 Å². The van der Waals surface area contributed by atoms with E-state index in [0.29, 0.717) is 25.3 Å². The van der Waals surface area contributed by atoms with E-state index in [9.17, 15) is 23.2 Å². The summed E-state index contributed by atoms with van der Waals surface area (Å²) in [5.41, 5.74) is 2.10. The van der Waals surface area contributed by atoms with Gasteiger partial charge in [0, 0.05) is 18.7 Å². The molecule has 1 saturated heterocycles. The van der Waals surface area contributed by atoms with Gasteiger partial charge in [-0.25, -0.2) is 8.78 Å². The summed E-state index contributed by atoms with van der Waals surface area (Å²) in [4.78, 5) is 41.5.